The third-order valence-electron chi connectivity index (χ3n) is 5.04. The molecule has 156 valence electrons. The number of hydrogen-bond donors (Lipinski definition) is 4. The van der Waals surface area contributed by atoms with Crippen LogP contribution >= 0.6 is 0 Å². The van der Waals surface area contributed by atoms with E-state index < -0.39 is 0 Å². The van der Waals surface area contributed by atoms with Gasteiger partial charge in [0, 0.05) is 12.2 Å². The SMILES string of the molecule is N#Cc1ccc(NC(=O)NC2CCCCC2NC(=O)NCc2ccc(F)cc2)cc1. The first-order chi connectivity index (χ1) is 14.5. The second kappa shape index (κ2) is 10.3. The van der Waals surface area contributed by atoms with Gasteiger partial charge in [-0.15, -0.1) is 0 Å². The number of halogens is 1. The predicted molar refractivity (Wildman–Crippen MR) is 111 cm³/mol. The topological polar surface area (TPSA) is 106 Å². The Bertz CT molecular complexity index is 909. The second-order valence-electron chi connectivity index (χ2n) is 7.24. The van der Waals surface area contributed by atoms with Crippen molar-refractivity contribution in [2.45, 2.75) is 44.3 Å². The Morgan fingerprint density at radius 1 is 0.933 bits per heavy atom. The molecule has 3 rings (SSSR count). The minimum atomic E-state index is -0.356. The Kier molecular flexibility index (Phi) is 7.22. The third-order valence-corrected chi connectivity index (χ3v) is 5.04. The Morgan fingerprint density at radius 3 is 2.13 bits per heavy atom. The minimum absolute atomic E-state index is 0.182. The van der Waals surface area contributed by atoms with Gasteiger partial charge in [-0.3, -0.25) is 0 Å². The molecule has 2 atom stereocenters. The number of urea groups is 2. The molecule has 1 fully saturated rings. The van der Waals surface area contributed by atoms with Gasteiger partial charge in [0.15, 0.2) is 0 Å². The maximum absolute atomic E-state index is 13.0. The zero-order valence-electron chi connectivity index (χ0n) is 16.5. The van der Waals surface area contributed by atoms with Crippen LogP contribution in [0.1, 0.15) is 36.8 Å². The lowest BCUT2D eigenvalue weighted by Crippen LogP contribution is -2.55. The Hall–Kier alpha value is -3.60. The van der Waals surface area contributed by atoms with Gasteiger partial charge in [-0.05, 0) is 54.8 Å². The second-order valence-corrected chi connectivity index (χ2v) is 7.24. The summed E-state index contributed by atoms with van der Waals surface area (Å²) in [6, 6.07) is 13.5. The summed E-state index contributed by atoms with van der Waals surface area (Å²) < 4.78 is 13.0. The first-order valence-electron chi connectivity index (χ1n) is 9.90. The number of rotatable bonds is 5. The van der Waals surface area contributed by atoms with Crippen LogP contribution in [-0.2, 0) is 6.54 Å². The van der Waals surface area contributed by atoms with E-state index in [1.807, 2.05) is 6.07 Å². The Morgan fingerprint density at radius 2 is 1.53 bits per heavy atom. The molecule has 0 bridgehead atoms. The quantitative estimate of drug-likeness (QED) is 0.606. The van der Waals surface area contributed by atoms with Crippen LogP contribution in [0, 0.1) is 17.1 Å². The number of carbonyl (C=O) groups excluding carboxylic acids is 2. The van der Waals surface area contributed by atoms with Crippen molar-refractivity contribution in [3.63, 3.8) is 0 Å². The highest BCUT2D eigenvalue weighted by Gasteiger charge is 2.27. The number of hydrogen-bond acceptors (Lipinski definition) is 3. The van der Waals surface area contributed by atoms with E-state index in [0.29, 0.717) is 11.3 Å². The van der Waals surface area contributed by atoms with Gasteiger partial charge in [-0.2, -0.15) is 5.26 Å². The summed E-state index contributed by atoms with van der Waals surface area (Å²) in [6.45, 7) is 0.288. The zero-order chi connectivity index (χ0) is 21.3. The van der Waals surface area contributed by atoms with E-state index in [-0.39, 0.29) is 36.5 Å². The van der Waals surface area contributed by atoms with Gasteiger partial charge in [-0.1, -0.05) is 25.0 Å². The molecule has 4 N–H and O–H groups in total. The van der Waals surface area contributed by atoms with Crippen molar-refractivity contribution in [1.29, 1.82) is 5.26 Å². The lowest BCUT2D eigenvalue weighted by atomic mass is 9.90. The molecule has 0 aliphatic heterocycles. The van der Waals surface area contributed by atoms with E-state index in [1.54, 1.807) is 36.4 Å². The van der Waals surface area contributed by atoms with Gasteiger partial charge >= 0.3 is 12.1 Å². The van der Waals surface area contributed by atoms with Gasteiger partial charge in [-0.25, -0.2) is 14.0 Å². The van der Waals surface area contributed by atoms with Crippen molar-refractivity contribution in [3.05, 3.63) is 65.5 Å². The summed E-state index contributed by atoms with van der Waals surface area (Å²) in [5.41, 5.74) is 1.90. The lowest BCUT2D eigenvalue weighted by Gasteiger charge is -2.32. The van der Waals surface area contributed by atoms with Gasteiger partial charge in [0.2, 0.25) is 0 Å². The molecule has 0 heterocycles. The summed E-state index contributed by atoms with van der Waals surface area (Å²) in [4.78, 5) is 24.6. The van der Waals surface area contributed by atoms with E-state index in [2.05, 4.69) is 21.3 Å². The van der Waals surface area contributed by atoms with Crippen LogP contribution in [0.3, 0.4) is 0 Å². The van der Waals surface area contributed by atoms with Crippen molar-refractivity contribution in [1.82, 2.24) is 16.0 Å². The summed E-state index contributed by atoms with van der Waals surface area (Å²) in [6.07, 6.45) is 3.48. The van der Waals surface area contributed by atoms with Crippen molar-refractivity contribution in [3.8, 4) is 6.07 Å². The molecule has 4 amide bonds. The van der Waals surface area contributed by atoms with Crippen LogP contribution in [0.4, 0.5) is 19.7 Å². The molecular formula is C22H24FN5O2. The van der Waals surface area contributed by atoms with E-state index in [0.717, 1.165) is 31.2 Å². The van der Waals surface area contributed by atoms with E-state index in [1.165, 1.54) is 12.1 Å². The molecule has 1 aliphatic carbocycles. The van der Waals surface area contributed by atoms with Gasteiger partial charge in [0.1, 0.15) is 5.82 Å². The zero-order valence-corrected chi connectivity index (χ0v) is 16.5. The van der Waals surface area contributed by atoms with Crippen molar-refractivity contribution in [2.75, 3.05) is 5.32 Å². The Labute approximate surface area is 174 Å². The molecule has 2 aromatic carbocycles. The van der Waals surface area contributed by atoms with Crippen LogP contribution in [0.5, 0.6) is 0 Å². The monoisotopic (exact) mass is 409 g/mol. The highest BCUT2D eigenvalue weighted by atomic mass is 19.1. The average molecular weight is 409 g/mol. The summed E-state index contributed by atoms with van der Waals surface area (Å²) in [7, 11) is 0. The number of anilines is 1. The fraction of sp³-hybridized carbons (Fsp3) is 0.318. The van der Waals surface area contributed by atoms with Crippen molar-refractivity contribution < 1.29 is 14.0 Å². The minimum Gasteiger partial charge on any atom is -0.334 e. The van der Waals surface area contributed by atoms with E-state index in [4.69, 9.17) is 5.26 Å². The van der Waals surface area contributed by atoms with Crippen LogP contribution in [0.15, 0.2) is 48.5 Å². The summed E-state index contributed by atoms with van der Waals surface area (Å²) in [5.74, 6) is -0.321. The van der Waals surface area contributed by atoms with Gasteiger partial charge < -0.3 is 21.3 Å². The average Bonchev–Trinajstić information content (AvgIpc) is 2.75. The number of carbonyl (C=O) groups is 2. The molecule has 1 saturated carbocycles. The van der Waals surface area contributed by atoms with Crippen LogP contribution in [0.25, 0.3) is 0 Å². The highest BCUT2D eigenvalue weighted by Crippen LogP contribution is 2.19. The van der Waals surface area contributed by atoms with Gasteiger partial charge in [0.25, 0.3) is 0 Å². The van der Waals surface area contributed by atoms with Crippen LogP contribution < -0.4 is 21.3 Å². The molecule has 30 heavy (non-hydrogen) atoms. The number of nitrogens with zero attached hydrogens (tertiary/aromatic N) is 1. The molecule has 0 aromatic heterocycles. The number of nitrogens with one attached hydrogen (secondary N) is 4. The predicted octanol–water partition coefficient (Wildman–Crippen LogP) is 3.63. The smallest absolute Gasteiger partial charge is 0.319 e. The summed E-state index contributed by atoms with van der Waals surface area (Å²) >= 11 is 0. The molecular weight excluding hydrogens is 385 g/mol. The van der Waals surface area contributed by atoms with Gasteiger partial charge in [0.05, 0.1) is 23.7 Å². The van der Waals surface area contributed by atoms with Crippen LogP contribution in [0.2, 0.25) is 0 Å². The standard InChI is InChI=1S/C22H24FN5O2/c23-17-9-5-16(6-10-17)14-25-21(29)27-19-3-1-2-4-20(19)28-22(30)26-18-11-7-15(13-24)8-12-18/h5-12,19-20H,1-4,14H2,(H2,25,27,29)(H2,26,28,30). The fourth-order valence-electron chi connectivity index (χ4n) is 3.44. The Balaban J connectivity index is 1.49. The molecule has 7 nitrogen and oxygen atoms in total. The highest BCUT2D eigenvalue weighted by molar-refractivity contribution is 5.89. The number of nitriles is 1. The van der Waals surface area contributed by atoms with Crippen molar-refractivity contribution in [2.24, 2.45) is 0 Å². The normalized spacial score (nSPS) is 18.0. The van der Waals surface area contributed by atoms with Crippen molar-refractivity contribution >= 4 is 17.7 Å². The molecule has 0 radical (unpaired) electrons. The molecule has 0 spiro atoms. The third kappa shape index (κ3) is 6.21. The molecule has 2 aromatic rings. The fourth-order valence-corrected chi connectivity index (χ4v) is 3.44. The number of benzene rings is 2. The maximum Gasteiger partial charge on any atom is 0.319 e. The molecule has 1 aliphatic rings. The first-order valence-corrected chi connectivity index (χ1v) is 9.90. The maximum atomic E-state index is 13.0. The van der Waals surface area contributed by atoms with E-state index in [9.17, 15) is 14.0 Å². The number of amides is 4. The van der Waals surface area contributed by atoms with E-state index >= 15 is 0 Å². The largest absolute Gasteiger partial charge is 0.334 e. The first kappa shape index (κ1) is 21.1. The summed E-state index contributed by atoms with van der Waals surface area (Å²) in [5, 5.41) is 20.2. The molecule has 8 heteroatoms. The molecule has 0 saturated heterocycles. The molecule has 2 unspecified atom stereocenters. The lowest BCUT2D eigenvalue weighted by molar-refractivity contribution is 0.218. The van der Waals surface area contributed by atoms with Crippen LogP contribution in [-0.4, -0.2) is 24.1 Å².